The zero-order valence-corrected chi connectivity index (χ0v) is 19.9. The molecule has 1 atom stereocenters. The summed E-state index contributed by atoms with van der Waals surface area (Å²) < 4.78 is 5.80. The molecule has 0 aliphatic carbocycles. The summed E-state index contributed by atoms with van der Waals surface area (Å²) in [6.07, 6.45) is 0. The second-order valence-electron chi connectivity index (χ2n) is 9.15. The van der Waals surface area contributed by atoms with Gasteiger partial charge in [-0.25, -0.2) is 0 Å². The van der Waals surface area contributed by atoms with Crippen molar-refractivity contribution >= 4 is 23.1 Å². The van der Waals surface area contributed by atoms with Gasteiger partial charge in [-0.2, -0.15) is 0 Å². The number of hydrogen-bond donors (Lipinski definition) is 1. The minimum atomic E-state index is -0.762. The van der Waals surface area contributed by atoms with Crippen LogP contribution in [0.25, 0.3) is 5.76 Å². The van der Waals surface area contributed by atoms with Crippen molar-refractivity contribution in [1.29, 1.82) is 0 Å². The van der Waals surface area contributed by atoms with Gasteiger partial charge in [0.05, 0.1) is 18.2 Å². The number of hydrogen-bond acceptors (Lipinski definition) is 4. The van der Waals surface area contributed by atoms with Gasteiger partial charge in [-0.1, -0.05) is 67.9 Å². The molecule has 34 heavy (non-hydrogen) atoms. The molecule has 1 heterocycles. The Hall–Kier alpha value is -3.86. The van der Waals surface area contributed by atoms with E-state index in [1.165, 1.54) is 4.90 Å². The lowest BCUT2D eigenvalue weighted by atomic mass is 9.94. The fraction of sp³-hybridized carbons (Fsp3) is 0.241. The third-order valence-corrected chi connectivity index (χ3v) is 5.83. The van der Waals surface area contributed by atoms with Gasteiger partial charge in [0.1, 0.15) is 11.5 Å². The van der Waals surface area contributed by atoms with Crippen LogP contribution in [0.2, 0.25) is 0 Å². The molecule has 1 aliphatic rings. The molecule has 1 fully saturated rings. The summed E-state index contributed by atoms with van der Waals surface area (Å²) in [6.45, 7) is 8.63. The summed E-state index contributed by atoms with van der Waals surface area (Å²) >= 11 is 0. The lowest BCUT2D eigenvalue weighted by molar-refractivity contribution is -0.132. The fourth-order valence-corrected chi connectivity index (χ4v) is 4.07. The number of ether oxygens (including phenoxy) is 1. The van der Waals surface area contributed by atoms with Gasteiger partial charge in [-0.05, 0) is 55.2 Å². The van der Waals surface area contributed by atoms with E-state index in [0.717, 1.165) is 11.1 Å². The predicted octanol–water partition coefficient (Wildman–Crippen LogP) is 5.96. The van der Waals surface area contributed by atoms with Crippen molar-refractivity contribution in [3.63, 3.8) is 0 Å². The number of carbonyl (C=O) groups is 2. The molecule has 3 aromatic carbocycles. The minimum Gasteiger partial charge on any atom is -0.507 e. The molecule has 0 radical (unpaired) electrons. The third-order valence-electron chi connectivity index (χ3n) is 5.83. The SMILES string of the molecule is Cc1ccc(/C(O)=C2\C(=O)C(=O)N(c3cccc(C)c3)C2c2ccc(OCC(C)C)cc2)cc1. The number of aliphatic hydroxyl groups excluding tert-OH is 1. The Kier molecular flexibility index (Phi) is 6.55. The van der Waals surface area contributed by atoms with E-state index in [-0.39, 0.29) is 11.3 Å². The van der Waals surface area contributed by atoms with Gasteiger partial charge < -0.3 is 9.84 Å². The number of amides is 1. The Morgan fingerprint density at radius 1 is 0.941 bits per heavy atom. The topological polar surface area (TPSA) is 66.8 Å². The number of aryl methyl sites for hydroxylation is 2. The lowest BCUT2D eigenvalue weighted by Gasteiger charge is -2.26. The highest BCUT2D eigenvalue weighted by Crippen LogP contribution is 2.42. The molecule has 174 valence electrons. The standard InChI is InChI=1S/C29H29NO4/c1-18(2)17-34-24-14-12-21(13-15-24)26-25(27(31)22-10-8-19(3)9-11-22)28(32)29(33)30(26)23-7-5-6-20(4)16-23/h5-16,18,26,31H,17H2,1-4H3/b27-25+. The molecule has 0 spiro atoms. The van der Waals surface area contributed by atoms with Crippen LogP contribution in [0, 0.1) is 19.8 Å². The van der Waals surface area contributed by atoms with Crippen molar-refractivity contribution in [1.82, 2.24) is 0 Å². The van der Waals surface area contributed by atoms with E-state index in [0.29, 0.717) is 35.1 Å². The molecule has 1 aliphatic heterocycles. The molecule has 5 nitrogen and oxygen atoms in total. The van der Waals surface area contributed by atoms with Crippen LogP contribution in [-0.2, 0) is 9.59 Å². The van der Waals surface area contributed by atoms with Crippen LogP contribution in [-0.4, -0.2) is 23.4 Å². The minimum absolute atomic E-state index is 0.0752. The van der Waals surface area contributed by atoms with Crippen molar-refractivity contribution in [2.24, 2.45) is 5.92 Å². The highest BCUT2D eigenvalue weighted by molar-refractivity contribution is 6.51. The largest absolute Gasteiger partial charge is 0.507 e. The molecule has 1 unspecified atom stereocenters. The molecule has 1 saturated heterocycles. The molecular weight excluding hydrogens is 426 g/mol. The zero-order valence-electron chi connectivity index (χ0n) is 19.9. The monoisotopic (exact) mass is 455 g/mol. The first-order valence-corrected chi connectivity index (χ1v) is 11.4. The predicted molar refractivity (Wildman–Crippen MR) is 134 cm³/mol. The van der Waals surface area contributed by atoms with E-state index >= 15 is 0 Å². The van der Waals surface area contributed by atoms with Crippen LogP contribution >= 0.6 is 0 Å². The van der Waals surface area contributed by atoms with Crippen molar-refractivity contribution in [3.05, 3.63) is 101 Å². The smallest absolute Gasteiger partial charge is 0.300 e. The first-order valence-electron chi connectivity index (χ1n) is 11.4. The molecule has 5 heteroatoms. The fourth-order valence-electron chi connectivity index (χ4n) is 4.07. The molecule has 4 rings (SSSR count). The van der Waals surface area contributed by atoms with Crippen molar-refractivity contribution < 1.29 is 19.4 Å². The van der Waals surface area contributed by atoms with E-state index in [1.54, 1.807) is 18.2 Å². The maximum atomic E-state index is 13.3. The first-order chi connectivity index (χ1) is 16.3. The number of nitrogens with zero attached hydrogens (tertiary/aromatic N) is 1. The van der Waals surface area contributed by atoms with Gasteiger partial charge in [0.2, 0.25) is 0 Å². The van der Waals surface area contributed by atoms with E-state index in [1.807, 2.05) is 68.4 Å². The van der Waals surface area contributed by atoms with Gasteiger partial charge in [-0.15, -0.1) is 0 Å². The quantitative estimate of drug-likeness (QED) is 0.283. The number of carbonyl (C=O) groups excluding carboxylic acids is 2. The van der Waals surface area contributed by atoms with Crippen LogP contribution in [0.15, 0.2) is 78.4 Å². The van der Waals surface area contributed by atoms with Crippen LogP contribution in [0.1, 0.15) is 42.1 Å². The summed E-state index contributed by atoms with van der Waals surface area (Å²) in [5.41, 5.74) is 3.89. The lowest BCUT2D eigenvalue weighted by Crippen LogP contribution is -2.29. The molecular formula is C29H29NO4. The number of Topliss-reactive ketones (excluding diaryl/α,β-unsaturated/α-hetero) is 1. The normalized spacial score (nSPS) is 17.4. The zero-order chi connectivity index (χ0) is 24.4. The molecule has 0 saturated carbocycles. The van der Waals surface area contributed by atoms with Crippen molar-refractivity contribution in [3.8, 4) is 5.75 Å². The van der Waals surface area contributed by atoms with Gasteiger partial charge >= 0.3 is 0 Å². The van der Waals surface area contributed by atoms with Crippen molar-refractivity contribution in [2.45, 2.75) is 33.7 Å². The van der Waals surface area contributed by atoms with Gasteiger partial charge in [0.25, 0.3) is 11.7 Å². The number of rotatable bonds is 6. The van der Waals surface area contributed by atoms with Crippen LogP contribution in [0.4, 0.5) is 5.69 Å². The maximum Gasteiger partial charge on any atom is 0.300 e. The van der Waals surface area contributed by atoms with Crippen molar-refractivity contribution in [2.75, 3.05) is 11.5 Å². The summed E-state index contributed by atoms with van der Waals surface area (Å²) in [4.78, 5) is 28.0. The number of ketones is 1. The van der Waals surface area contributed by atoms with Crippen LogP contribution in [0.5, 0.6) is 5.75 Å². The highest BCUT2D eigenvalue weighted by atomic mass is 16.5. The molecule has 1 N–H and O–H groups in total. The van der Waals surface area contributed by atoms with Gasteiger partial charge in [0.15, 0.2) is 0 Å². The van der Waals surface area contributed by atoms with Gasteiger partial charge in [-0.3, -0.25) is 14.5 Å². The molecule has 3 aromatic rings. The maximum absolute atomic E-state index is 13.3. The molecule has 0 aromatic heterocycles. The van der Waals surface area contributed by atoms with Crippen LogP contribution < -0.4 is 9.64 Å². The van der Waals surface area contributed by atoms with E-state index in [2.05, 4.69) is 13.8 Å². The Bertz CT molecular complexity index is 1240. The molecule has 1 amide bonds. The van der Waals surface area contributed by atoms with Crippen LogP contribution in [0.3, 0.4) is 0 Å². The van der Waals surface area contributed by atoms with E-state index < -0.39 is 17.7 Å². The Labute approximate surface area is 200 Å². The Morgan fingerprint density at radius 3 is 2.24 bits per heavy atom. The van der Waals surface area contributed by atoms with Gasteiger partial charge in [0, 0.05) is 11.3 Å². The second kappa shape index (κ2) is 9.56. The van der Waals surface area contributed by atoms with E-state index in [9.17, 15) is 14.7 Å². The number of benzene rings is 3. The van der Waals surface area contributed by atoms with E-state index in [4.69, 9.17) is 4.74 Å². The summed E-state index contributed by atoms with van der Waals surface area (Å²) in [7, 11) is 0. The Balaban J connectivity index is 1.84. The third kappa shape index (κ3) is 4.60. The summed E-state index contributed by atoms with van der Waals surface area (Å²) in [5.74, 6) is -0.446. The highest BCUT2D eigenvalue weighted by Gasteiger charge is 2.47. The Morgan fingerprint density at radius 2 is 1.62 bits per heavy atom. The average molecular weight is 456 g/mol. The average Bonchev–Trinajstić information content (AvgIpc) is 3.08. The summed E-state index contributed by atoms with van der Waals surface area (Å²) in [6, 6.07) is 21.3. The first kappa shape index (κ1) is 23.3. The number of anilines is 1. The molecule has 0 bridgehead atoms. The summed E-state index contributed by atoms with van der Waals surface area (Å²) in [5, 5.41) is 11.2. The number of aliphatic hydroxyl groups is 1. The second-order valence-corrected chi connectivity index (χ2v) is 9.15.